The number of amidine groups is 1. The second kappa shape index (κ2) is 12.8. The highest BCUT2D eigenvalue weighted by atomic mass is 32.2. The van der Waals surface area contributed by atoms with Crippen LogP contribution in [-0.4, -0.2) is 40.9 Å². The van der Waals surface area contributed by atoms with Crippen LogP contribution in [0, 0.1) is 5.82 Å². The number of carbonyl (C=O) groups excluding carboxylic acids is 1. The molecule has 2 N–H and O–H groups in total. The van der Waals surface area contributed by atoms with Gasteiger partial charge in [0, 0.05) is 29.3 Å². The number of hydrazine groups is 1. The molecule has 8 nitrogen and oxygen atoms in total. The molecule has 2 aliphatic rings. The van der Waals surface area contributed by atoms with E-state index in [-0.39, 0.29) is 11.7 Å². The first-order chi connectivity index (χ1) is 14.4. The van der Waals surface area contributed by atoms with Gasteiger partial charge in [0.05, 0.1) is 4.91 Å². The van der Waals surface area contributed by atoms with Gasteiger partial charge in [0.1, 0.15) is 11.6 Å². The molecular formula is C19H26FN3O5PS+. The Morgan fingerprint density at radius 3 is 2.77 bits per heavy atom. The maximum atomic E-state index is 13.5. The van der Waals surface area contributed by atoms with Crippen molar-refractivity contribution in [1.82, 2.24) is 10.4 Å². The molecule has 1 atom stereocenters. The molecule has 0 aromatic heterocycles. The molecule has 11 heteroatoms. The van der Waals surface area contributed by atoms with Crippen molar-refractivity contribution in [2.45, 2.75) is 39.5 Å². The number of nitrogens with one attached hydrogen (secondary N) is 1. The fraction of sp³-hybridized carbons (Fsp3) is 0.474. The molecule has 0 aliphatic carbocycles. The second-order valence-electron chi connectivity index (χ2n) is 6.39. The Morgan fingerprint density at radius 1 is 1.37 bits per heavy atom. The molecule has 0 saturated carbocycles. The third kappa shape index (κ3) is 7.77. The van der Waals surface area contributed by atoms with Crippen molar-refractivity contribution < 1.29 is 27.9 Å². The van der Waals surface area contributed by atoms with Crippen LogP contribution >= 0.6 is 20.0 Å². The largest absolute Gasteiger partial charge is 0.698 e. The van der Waals surface area contributed by atoms with Gasteiger partial charge in [-0.25, -0.2) is 9.82 Å². The van der Waals surface area contributed by atoms with Crippen molar-refractivity contribution in [1.29, 1.82) is 0 Å². The summed E-state index contributed by atoms with van der Waals surface area (Å²) in [6.07, 6.45) is 6.27. The van der Waals surface area contributed by atoms with Crippen molar-refractivity contribution >= 4 is 37.2 Å². The number of aliphatic imine (C=N–C) groups is 1. The molecule has 1 amide bonds. The van der Waals surface area contributed by atoms with Crippen molar-refractivity contribution in [3.05, 3.63) is 34.5 Å². The monoisotopic (exact) mass is 458 g/mol. The minimum absolute atomic E-state index is 0.0901. The van der Waals surface area contributed by atoms with Crippen LogP contribution in [0.5, 0.6) is 5.75 Å². The van der Waals surface area contributed by atoms with Gasteiger partial charge in [-0.3, -0.25) is 9.80 Å². The molecule has 1 unspecified atom stereocenters. The molecule has 2 heterocycles. The topological polar surface area (TPSA) is 100 Å². The number of thioether (sulfide) groups is 1. The van der Waals surface area contributed by atoms with E-state index >= 15 is 0 Å². The Kier molecular flexibility index (Phi) is 10.4. The molecule has 3 rings (SSSR count). The SMILES string of the molecule is CCCC.O=C1N=C(N2CCCCN2)S/C1=C\c1ccc(F)cc1OCO[P+](=O)O. The van der Waals surface area contributed by atoms with Gasteiger partial charge >= 0.3 is 8.25 Å². The number of unbranched alkanes of at least 4 members (excludes halogenated alkanes) is 1. The standard InChI is InChI=1S/C15H15FN3O5PS.C4H10/c16-11-4-3-10(12(8-11)23-9-24-25(21)22)7-13-14(20)18-15(26-13)19-6-2-1-5-17-19;1-3-4-2/h3-4,7-8,17H,1-2,5-6,9H2;3-4H2,1-2H3/p+1/b13-7-;. The average Bonchev–Trinajstić information content (AvgIpc) is 3.11. The summed E-state index contributed by atoms with van der Waals surface area (Å²) in [6.45, 7) is 5.44. The van der Waals surface area contributed by atoms with Crippen LogP contribution in [0.15, 0.2) is 28.1 Å². The lowest BCUT2D eigenvalue weighted by molar-refractivity contribution is -0.113. The summed E-state index contributed by atoms with van der Waals surface area (Å²) in [4.78, 5) is 25.2. The van der Waals surface area contributed by atoms with E-state index in [9.17, 15) is 13.8 Å². The van der Waals surface area contributed by atoms with Crippen LogP contribution in [0.3, 0.4) is 0 Å². The van der Waals surface area contributed by atoms with E-state index in [1.807, 2.05) is 5.01 Å². The number of benzene rings is 1. The zero-order valence-electron chi connectivity index (χ0n) is 17.0. The Morgan fingerprint density at radius 2 is 2.13 bits per heavy atom. The lowest BCUT2D eigenvalue weighted by atomic mass is 10.2. The third-order valence-corrected chi connectivity index (χ3v) is 5.42. The molecule has 164 valence electrons. The zero-order valence-corrected chi connectivity index (χ0v) is 18.7. The first-order valence-corrected chi connectivity index (χ1v) is 11.6. The number of nitrogens with zero attached hydrogens (tertiary/aromatic N) is 2. The molecule has 1 aromatic carbocycles. The Balaban J connectivity index is 0.000000735. The van der Waals surface area contributed by atoms with Crippen LogP contribution in [0.1, 0.15) is 45.1 Å². The molecule has 2 aliphatic heterocycles. The number of hydrogen-bond acceptors (Lipinski definition) is 7. The summed E-state index contributed by atoms with van der Waals surface area (Å²) < 4.78 is 33.6. The Labute approximate surface area is 180 Å². The molecular weight excluding hydrogens is 432 g/mol. The number of carbonyl (C=O) groups is 1. The molecule has 1 fully saturated rings. The maximum Gasteiger partial charge on any atom is 0.698 e. The van der Waals surface area contributed by atoms with Crippen molar-refractivity contribution in [2.75, 3.05) is 19.9 Å². The van der Waals surface area contributed by atoms with E-state index < -0.39 is 20.9 Å². The summed E-state index contributed by atoms with van der Waals surface area (Å²) in [5.41, 5.74) is 3.62. The molecule has 0 radical (unpaired) electrons. The van der Waals surface area contributed by atoms with E-state index in [4.69, 9.17) is 9.63 Å². The van der Waals surface area contributed by atoms with Gasteiger partial charge in [-0.15, -0.1) is 4.89 Å². The first-order valence-electron chi connectivity index (χ1n) is 9.69. The fourth-order valence-electron chi connectivity index (χ4n) is 2.39. The maximum absolute atomic E-state index is 13.5. The summed E-state index contributed by atoms with van der Waals surface area (Å²) >= 11 is 1.22. The number of amides is 1. The summed E-state index contributed by atoms with van der Waals surface area (Å²) in [5, 5.41) is 2.42. The quantitative estimate of drug-likeness (QED) is 0.372. The van der Waals surface area contributed by atoms with Crippen molar-refractivity contribution in [3.8, 4) is 5.75 Å². The van der Waals surface area contributed by atoms with Crippen LogP contribution in [-0.2, 0) is 13.9 Å². The van der Waals surface area contributed by atoms with Crippen molar-refractivity contribution in [3.63, 3.8) is 0 Å². The van der Waals surface area contributed by atoms with Gasteiger partial charge in [0.25, 0.3) is 5.91 Å². The normalized spacial score (nSPS) is 18.1. The van der Waals surface area contributed by atoms with Crippen LogP contribution in [0.2, 0.25) is 0 Å². The highest BCUT2D eigenvalue weighted by molar-refractivity contribution is 8.18. The molecule has 1 saturated heterocycles. The van der Waals surface area contributed by atoms with Crippen LogP contribution < -0.4 is 10.2 Å². The first kappa shape index (κ1) is 24.4. The molecule has 30 heavy (non-hydrogen) atoms. The number of rotatable bonds is 6. The lowest BCUT2D eigenvalue weighted by Crippen LogP contribution is -2.45. The van der Waals surface area contributed by atoms with Crippen molar-refractivity contribution in [2.24, 2.45) is 4.99 Å². The van der Waals surface area contributed by atoms with Gasteiger partial charge in [-0.05, 0) is 42.8 Å². The van der Waals surface area contributed by atoms with Gasteiger partial charge < -0.3 is 4.74 Å². The second-order valence-corrected chi connectivity index (χ2v) is 8.13. The van der Waals surface area contributed by atoms with Crippen LogP contribution in [0.4, 0.5) is 4.39 Å². The Hall–Kier alpha value is -1.84. The van der Waals surface area contributed by atoms with E-state index in [0.717, 1.165) is 32.0 Å². The molecule has 0 bridgehead atoms. The smallest absolute Gasteiger partial charge is 0.462 e. The van der Waals surface area contributed by atoms with E-state index in [2.05, 4.69) is 28.8 Å². The highest BCUT2D eigenvalue weighted by Gasteiger charge is 2.27. The predicted octanol–water partition coefficient (Wildman–Crippen LogP) is 4.21. The Bertz CT molecular complexity index is 813. The van der Waals surface area contributed by atoms with Gasteiger partial charge in [0.15, 0.2) is 5.17 Å². The van der Waals surface area contributed by atoms with Crippen LogP contribution in [0.25, 0.3) is 6.08 Å². The zero-order chi connectivity index (χ0) is 21.9. The number of ether oxygens (including phenoxy) is 1. The minimum atomic E-state index is -2.82. The third-order valence-electron chi connectivity index (χ3n) is 4.09. The highest BCUT2D eigenvalue weighted by Crippen LogP contribution is 2.33. The lowest BCUT2D eigenvalue weighted by Gasteiger charge is -2.28. The average molecular weight is 458 g/mol. The van der Waals surface area contributed by atoms with E-state index in [1.165, 1.54) is 36.7 Å². The van der Waals surface area contributed by atoms with E-state index in [1.54, 1.807) is 6.08 Å². The van der Waals surface area contributed by atoms with Gasteiger partial charge in [0.2, 0.25) is 6.79 Å². The predicted molar refractivity (Wildman–Crippen MR) is 115 cm³/mol. The summed E-state index contributed by atoms with van der Waals surface area (Å²) in [5.74, 6) is -0.843. The minimum Gasteiger partial charge on any atom is -0.462 e. The van der Waals surface area contributed by atoms with E-state index in [0.29, 0.717) is 15.6 Å². The fourth-order valence-corrected chi connectivity index (χ4v) is 3.45. The van der Waals surface area contributed by atoms with Gasteiger partial charge in [-0.2, -0.15) is 4.99 Å². The van der Waals surface area contributed by atoms with Gasteiger partial charge in [-0.1, -0.05) is 31.2 Å². The molecule has 0 spiro atoms. The number of hydrogen-bond donors (Lipinski definition) is 2. The summed E-state index contributed by atoms with van der Waals surface area (Å²) in [6, 6.07) is 3.78. The number of halogens is 1. The molecule has 1 aromatic rings. The summed E-state index contributed by atoms with van der Waals surface area (Å²) in [7, 11) is -2.82.